The van der Waals surface area contributed by atoms with E-state index in [0.717, 1.165) is 0 Å². The van der Waals surface area contributed by atoms with Gasteiger partial charge in [0.05, 0.1) is 10.7 Å². The lowest BCUT2D eigenvalue weighted by molar-refractivity contribution is 0.628. The molecule has 0 aliphatic rings. The van der Waals surface area contributed by atoms with Gasteiger partial charge in [0.2, 0.25) is 0 Å². The van der Waals surface area contributed by atoms with Crippen LogP contribution in [0.4, 0.5) is 15.9 Å². The Morgan fingerprint density at radius 2 is 2.11 bits per heavy atom. The van der Waals surface area contributed by atoms with E-state index in [4.69, 9.17) is 11.6 Å². The van der Waals surface area contributed by atoms with Gasteiger partial charge in [-0.1, -0.05) is 18.5 Å². The van der Waals surface area contributed by atoms with E-state index in [9.17, 15) is 4.39 Å². The second kappa shape index (κ2) is 5.63. The van der Waals surface area contributed by atoms with Crippen molar-refractivity contribution >= 4 is 39.0 Å². The number of aryl methyl sites for hydroxylation is 1. The molecular weight excluding hydrogens is 321 g/mol. The Hall–Kier alpha value is -1.20. The van der Waals surface area contributed by atoms with Crippen LogP contribution in [0.5, 0.6) is 0 Å². The van der Waals surface area contributed by atoms with Crippen molar-refractivity contribution in [2.24, 2.45) is 0 Å². The van der Waals surface area contributed by atoms with E-state index < -0.39 is 0 Å². The quantitative estimate of drug-likeness (QED) is 0.851. The maximum atomic E-state index is 13.1. The van der Waals surface area contributed by atoms with Gasteiger partial charge in [0.15, 0.2) is 0 Å². The van der Waals surface area contributed by atoms with E-state index in [1.165, 1.54) is 18.2 Å². The molecule has 1 N–H and O–H groups in total. The van der Waals surface area contributed by atoms with Crippen molar-refractivity contribution in [3.05, 3.63) is 45.5 Å². The molecule has 0 atom stereocenters. The van der Waals surface area contributed by atoms with Crippen LogP contribution in [0, 0.1) is 5.82 Å². The second-order valence-corrected chi connectivity index (χ2v) is 4.81. The van der Waals surface area contributed by atoms with Crippen LogP contribution in [0.15, 0.2) is 28.9 Å². The van der Waals surface area contributed by atoms with Gasteiger partial charge < -0.3 is 5.32 Å². The number of benzene rings is 1. The first-order valence-electron chi connectivity index (χ1n) is 5.34. The molecule has 0 fully saturated rings. The number of anilines is 2. The van der Waals surface area contributed by atoms with Gasteiger partial charge in [-0.05, 0) is 34.1 Å². The van der Waals surface area contributed by atoms with Gasteiger partial charge in [0.1, 0.15) is 22.1 Å². The van der Waals surface area contributed by atoms with E-state index >= 15 is 0 Å². The molecule has 2 rings (SSSR count). The van der Waals surface area contributed by atoms with Gasteiger partial charge in [-0.25, -0.2) is 14.4 Å². The lowest BCUT2D eigenvalue weighted by atomic mass is 10.3. The first kappa shape index (κ1) is 13.2. The summed E-state index contributed by atoms with van der Waals surface area (Å²) in [5, 5.41) is 3.41. The van der Waals surface area contributed by atoms with Crippen molar-refractivity contribution in [2.45, 2.75) is 13.3 Å². The molecule has 0 saturated heterocycles. The first-order chi connectivity index (χ1) is 8.58. The van der Waals surface area contributed by atoms with Gasteiger partial charge in [-0.15, -0.1) is 0 Å². The maximum Gasteiger partial charge on any atom is 0.135 e. The minimum atomic E-state index is -0.356. The summed E-state index contributed by atoms with van der Waals surface area (Å²) < 4.78 is 13.8. The highest BCUT2D eigenvalue weighted by molar-refractivity contribution is 9.10. The molecule has 3 nitrogen and oxygen atoms in total. The number of nitrogens with one attached hydrogen (secondary N) is 1. The smallest absolute Gasteiger partial charge is 0.135 e. The Labute approximate surface area is 118 Å². The Balaban J connectivity index is 2.33. The molecule has 0 spiro atoms. The zero-order chi connectivity index (χ0) is 13.1. The fourth-order valence-corrected chi connectivity index (χ4v) is 2.00. The number of halogens is 3. The molecule has 0 amide bonds. The van der Waals surface area contributed by atoms with Crippen LogP contribution >= 0.6 is 27.5 Å². The van der Waals surface area contributed by atoms with Gasteiger partial charge >= 0.3 is 0 Å². The number of aromatic nitrogens is 2. The van der Waals surface area contributed by atoms with E-state index in [0.29, 0.717) is 33.4 Å². The molecule has 0 aliphatic heterocycles. The number of hydrogen-bond acceptors (Lipinski definition) is 3. The van der Waals surface area contributed by atoms with Crippen LogP contribution in [-0.2, 0) is 6.42 Å². The highest BCUT2D eigenvalue weighted by Crippen LogP contribution is 2.26. The molecule has 6 heteroatoms. The molecule has 0 bridgehead atoms. The molecule has 0 aliphatic carbocycles. The summed E-state index contributed by atoms with van der Waals surface area (Å²) in [4.78, 5) is 8.48. The Kier molecular flexibility index (Phi) is 4.14. The van der Waals surface area contributed by atoms with Crippen LogP contribution in [0.2, 0.25) is 5.02 Å². The van der Waals surface area contributed by atoms with Crippen LogP contribution in [0.1, 0.15) is 12.7 Å². The SMILES string of the molecule is CCc1nc(Br)cc(Nc2cc(F)ccc2Cl)n1. The van der Waals surface area contributed by atoms with E-state index in [1.54, 1.807) is 6.07 Å². The molecule has 1 heterocycles. The van der Waals surface area contributed by atoms with Crippen molar-refractivity contribution < 1.29 is 4.39 Å². The maximum absolute atomic E-state index is 13.1. The zero-order valence-electron chi connectivity index (χ0n) is 9.54. The van der Waals surface area contributed by atoms with Crippen LogP contribution < -0.4 is 5.32 Å². The monoisotopic (exact) mass is 329 g/mol. The Morgan fingerprint density at radius 1 is 1.33 bits per heavy atom. The molecule has 94 valence electrons. The highest BCUT2D eigenvalue weighted by Gasteiger charge is 2.06. The van der Waals surface area contributed by atoms with Gasteiger partial charge in [0, 0.05) is 12.5 Å². The topological polar surface area (TPSA) is 37.8 Å². The fourth-order valence-electron chi connectivity index (χ4n) is 1.42. The number of hydrogen-bond donors (Lipinski definition) is 1. The lowest BCUT2D eigenvalue weighted by Gasteiger charge is -2.09. The average molecular weight is 331 g/mol. The summed E-state index contributed by atoms with van der Waals surface area (Å²) in [6, 6.07) is 5.83. The molecule has 1 aromatic carbocycles. The van der Waals surface area contributed by atoms with Gasteiger partial charge in [0.25, 0.3) is 0 Å². The molecule has 0 unspecified atom stereocenters. The van der Waals surface area contributed by atoms with Crippen molar-refractivity contribution in [1.29, 1.82) is 0 Å². The minimum Gasteiger partial charge on any atom is -0.339 e. The minimum absolute atomic E-state index is 0.356. The first-order valence-corrected chi connectivity index (χ1v) is 6.51. The standard InChI is InChI=1S/C12H10BrClFN3/c1-2-11-17-10(13)6-12(18-11)16-9-5-7(15)3-4-8(9)14/h3-6H,2H2,1H3,(H,16,17,18). The van der Waals surface area contributed by atoms with Crippen LogP contribution in [0.3, 0.4) is 0 Å². The summed E-state index contributed by atoms with van der Waals surface area (Å²) in [6.45, 7) is 1.96. The van der Waals surface area contributed by atoms with Gasteiger partial charge in [-0.3, -0.25) is 0 Å². The zero-order valence-corrected chi connectivity index (χ0v) is 11.9. The molecule has 0 radical (unpaired) electrons. The third kappa shape index (κ3) is 3.17. The summed E-state index contributed by atoms with van der Waals surface area (Å²) >= 11 is 9.28. The largest absolute Gasteiger partial charge is 0.339 e. The third-order valence-electron chi connectivity index (χ3n) is 2.25. The average Bonchev–Trinajstić information content (AvgIpc) is 2.33. The highest BCUT2D eigenvalue weighted by atomic mass is 79.9. The number of nitrogens with zero attached hydrogens (tertiary/aromatic N) is 2. The third-order valence-corrected chi connectivity index (χ3v) is 2.98. The predicted octanol–water partition coefficient (Wildman–Crippen LogP) is 4.34. The van der Waals surface area contributed by atoms with E-state index in [-0.39, 0.29) is 5.82 Å². The lowest BCUT2D eigenvalue weighted by Crippen LogP contribution is -2.00. The van der Waals surface area contributed by atoms with Crippen molar-refractivity contribution in [3.63, 3.8) is 0 Å². The molecular formula is C12H10BrClFN3. The van der Waals surface area contributed by atoms with Crippen molar-refractivity contribution in [3.8, 4) is 0 Å². The summed E-state index contributed by atoms with van der Waals surface area (Å²) in [6.07, 6.45) is 0.713. The number of rotatable bonds is 3. The second-order valence-electron chi connectivity index (χ2n) is 3.59. The van der Waals surface area contributed by atoms with Crippen molar-refractivity contribution in [2.75, 3.05) is 5.32 Å². The predicted molar refractivity (Wildman–Crippen MR) is 73.8 cm³/mol. The Morgan fingerprint density at radius 3 is 2.83 bits per heavy atom. The van der Waals surface area contributed by atoms with Gasteiger partial charge in [-0.2, -0.15) is 0 Å². The molecule has 0 saturated carbocycles. The van der Waals surface area contributed by atoms with E-state index in [1.807, 2.05) is 6.92 Å². The summed E-state index contributed by atoms with van der Waals surface area (Å²) in [5.74, 6) is 0.909. The Bertz CT molecular complexity index is 577. The molecule has 2 aromatic rings. The van der Waals surface area contributed by atoms with Crippen LogP contribution in [-0.4, -0.2) is 9.97 Å². The van der Waals surface area contributed by atoms with Crippen molar-refractivity contribution in [1.82, 2.24) is 9.97 Å². The summed E-state index contributed by atoms with van der Waals surface area (Å²) in [7, 11) is 0. The van der Waals surface area contributed by atoms with Crippen LogP contribution in [0.25, 0.3) is 0 Å². The molecule has 1 aromatic heterocycles. The molecule has 18 heavy (non-hydrogen) atoms. The van der Waals surface area contributed by atoms with E-state index in [2.05, 4.69) is 31.2 Å². The summed E-state index contributed by atoms with van der Waals surface area (Å²) in [5.41, 5.74) is 0.476. The fraction of sp³-hybridized carbons (Fsp3) is 0.167. The normalized spacial score (nSPS) is 10.4.